The average Bonchev–Trinajstić information content (AvgIpc) is 2.87. The average molecular weight is 365 g/mol. The smallest absolute Gasteiger partial charge is 0.290 e. The van der Waals surface area contributed by atoms with Gasteiger partial charge in [0.25, 0.3) is 5.92 Å². The Hall–Kier alpha value is -1.18. The first-order valence-electron chi connectivity index (χ1n) is 7.74. The monoisotopic (exact) mass is 365 g/mol. The number of nitrogens with zero attached hydrogens (tertiary/aromatic N) is 2. The molecule has 2 aromatic rings. The minimum Gasteiger partial charge on any atom is -0.320 e. The maximum Gasteiger partial charge on any atom is 0.290 e. The summed E-state index contributed by atoms with van der Waals surface area (Å²) in [4.78, 5) is 8.58. The van der Waals surface area contributed by atoms with Crippen molar-refractivity contribution in [1.82, 2.24) is 9.97 Å². The lowest BCUT2D eigenvalue weighted by Gasteiger charge is -2.37. The maximum atomic E-state index is 14.1. The predicted octanol–water partition coefficient (Wildman–Crippen LogP) is 3.80. The number of alkyl halides is 2. The summed E-state index contributed by atoms with van der Waals surface area (Å²) >= 11 is 3.11. The Morgan fingerprint density at radius 1 is 1.17 bits per heavy atom. The van der Waals surface area contributed by atoms with Crippen LogP contribution in [0, 0.1) is 0 Å². The molecule has 0 unspecified atom stereocenters. The van der Waals surface area contributed by atoms with E-state index < -0.39 is 5.92 Å². The van der Waals surface area contributed by atoms with Crippen LogP contribution in [0.15, 0.2) is 29.4 Å². The highest BCUT2D eigenvalue weighted by atomic mass is 32.2. The molecule has 1 aliphatic carbocycles. The second-order valence-corrected chi connectivity index (χ2v) is 8.08. The lowest BCUT2D eigenvalue weighted by Crippen LogP contribution is -2.48. The van der Waals surface area contributed by atoms with Crippen LogP contribution in [0.3, 0.4) is 0 Å². The standard InChI is InChI=1S/C17H17F2N3S2/c1-23-15-21-13(12-6-7-17(18,19)14(12)22-15)10-2-4-11(5-3-10)16(20)8-24-9-16/h2-5H,6-9,20H2,1H3. The quantitative estimate of drug-likeness (QED) is 0.662. The van der Waals surface area contributed by atoms with Gasteiger partial charge in [-0.2, -0.15) is 20.5 Å². The number of rotatable bonds is 3. The Morgan fingerprint density at radius 3 is 2.46 bits per heavy atom. The number of aromatic nitrogens is 2. The molecule has 2 N–H and O–H groups in total. The van der Waals surface area contributed by atoms with Crippen LogP contribution in [0.1, 0.15) is 23.2 Å². The van der Waals surface area contributed by atoms with Gasteiger partial charge in [0.1, 0.15) is 5.69 Å². The van der Waals surface area contributed by atoms with Crippen molar-refractivity contribution in [3.05, 3.63) is 41.1 Å². The minimum atomic E-state index is -2.86. The van der Waals surface area contributed by atoms with Crippen molar-refractivity contribution in [2.75, 3.05) is 17.8 Å². The summed E-state index contributed by atoms with van der Waals surface area (Å²) in [5.41, 5.74) is 9.11. The maximum absolute atomic E-state index is 14.1. The fourth-order valence-electron chi connectivity index (χ4n) is 3.18. The summed E-state index contributed by atoms with van der Waals surface area (Å²) in [5.74, 6) is -1.03. The summed E-state index contributed by atoms with van der Waals surface area (Å²) in [6, 6.07) is 7.87. The summed E-state index contributed by atoms with van der Waals surface area (Å²) in [7, 11) is 0. The van der Waals surface area contributed by atoms with Gasteiger partial charge in [0, 0.05) is 29.1 Å². The Balaban J connectivity index is 1.78. The second-order valence-electron chi connectivity index (χ2n) is 6.32. The van der Waals surface area contributed by atoms with E-state index in [0.717, 1.165) is 22.6 Å². The molecular formula is C17H17F2N3S2. The molecule has 1 saturated heterocycles. The van der Waals surface area contributed by atoms with E-state index in [-0.39, 0.29) is 17.7 Å². The molecule has 0 bridgehead atoms. The molecular weight excluding hydrogens is 348 g/mol. The molecule has 126 valence electrons. The highest BCUT2D eigenvalue weighted by molar-refractivity contribution is 8.00. The SMILES string of the molecule is CSc1nc(-c2ccc(C3(N)CSC3)cc2)c2c(n1)C(F)(F)CC2. The molecule has 0 amide bonds. The van der Waals surface area contributed by atoms with Gasteiger partial charge in [-0.1, -0.05) is 36.0 Å². The van der Waals surface area contributed by atoms with E-state index in [1.807, 2.05) is 36.0 Å². The second kappa shape index (κ2) is 5.68. The topological polar surface area (TPSA) is 51.8 Å². The van der Waals surface area contributed by atoms with Gasteiger partial charge >= 0.3 is 0 Å². The van der Waals surface area contributed by atoms with Gasteiger partial charge in [-0.25, -0.2) is 9.97 Å². The van der Waals surface area contributed by atoms with Gasteiger partial charge in [0.15, 0.2) is 5.16 Å². The first-order chi connectivity index (χ1) is 11.4. The van der Waals surface area contributed by atoms with Gasteiger partial charge < -0.3 is 5.73 Å². The molecule has 0 spiro atoms. The molecule has 1 fully saturated rings. The van der Waals surface area contributed by atoms with Crippen molar-refractivity contribution in [2.24, 2.45) is 5.73 Å². The summed E-state index contributed by atoms with van der Waals surface area (Å²) < 4.78 is 28.2. The molecule has 4 rings (SSSR count). The minimum absolute atomic E-state index is 0.105. The van der Waals surface area contributed by atoms with E-state index in [1.54, 1.807) is 6.26 Å². The molecule has 1 aliphatic heterocycles. The van der Waals surface area contributed by atoms with Crippen molar-refractivity contribution in [2.45, 2.75) is 29.5 Å². The molecule has 24 heavy (non-hydrogen) atoms. The lowest BCUT2D eigenvalue weighted by atomic mass is 9.92. The summed E-state index contributed by atoms with van der Waals surface area (Å²) in [5, 5.41) is 0.389. The van der Waals surface area contributed by atoms with E-state index in [0.29, 0.717) is 22.8 Å². The highest BCUT2D eigenvalue weighted by Crippen LogP contribution is 2.44. The number of fused-ring (bicyclic) bond motifs is 1. The number of hydrogen-bond acceptors (Lipinski definition) is 5. The van der Waals surface area contributed by atoms with Crippen LogP contribution < -0.4 is 5.73 Å². The van der Waals surface area contributed by atoms with Gasteiger partial charge in [0.05, 0.1) is 11.2 Å². The fourth-order valence-corrected chi connectivity index (χ4v) is 4.52. The molecule has 2 aliphatic rings. The van der Waals surface area contributed by atoms with Crippen LogP contribution >= 0.6 is 23.5 Å². The van der Waals surface area contributed by atoms with Gasteiger partial charge in [-0.15, -0.1) is 0 Å². The molecule has 0 radical (unpaired) electrons. The van der Waals surface area contributed by atoms with E-state index in [1.165, 1.54) is 11.8 Å². The predicted molar refractivity (Wildman–Crippen MR) is 94.7 cm³/mol. The van der Waals surface area contributed by atoms with E-state index in [2.05, 4.69) is 9.97 Å². The van der Waals surface area contributed by atoms with E-state index in [9.17, 15) is 8.78 Å². The van der Waals surface area contributed by atoms with Crippen molar-refractivity contribution < 1.29 is 8.78 Å². The number of hydrogen-bond donors (Lipinski definition) is 1. The van der Waals surface area contributed by atoms with E-state index in [4.69, 9.17) is 5.73 Å². The van der Waals surface area contributed by atoms with Crippen molar-refractivity contribution in [3.63, 3.8) is 0 Å². The Morgan fingerprint density at radius 2 is 1.88 bits per heavy atom. The number of thioether (sulfide) groups is 2. The largest absolute Gasteiger partial charge is 0.320 e. The Bertz CT molecular complexity index is 789. The van der Waals surface area contributed by atoms with Gasteiger partial charge in [-0.3, -0.25) is 0 Å². The summed E-state index contributed by atoms with van der Waals surface area (Å²) in [6.45, 7) is 0. The zero-order valence-corrected chi connectivity index (χ0v) is 14.8. The van der Waals surface area contributed by atoms with Gasteiger partial charge in [-0.05, 0) is 18.2 Å². The molecule has 0 atom stereocenters. The van der Waals surface area contributed by atoms with Crippen LogP contribution in [-0.2, 0) is 17.9 Å². The van der Waals surface area contributed by atoms with Crippen LogP contribution in [0.5, 0.6) is 0 Å². The molecule has 7 heteroatoms. The molecule has 1 aromatic heterocycles. The number of halogens is 2. The zero-order valence-electron chi connectivity index (χ0n) is 13.2. The van der Waals surface area contributed by atoms with Crippen LogP contribution in [0.4, 0.5) is 8.78 Å². The number of nitrogens with two attached hydrogens (primary N) is 1. The first kappa shape index (κ1) is 16.3. The third-order valence-corrected chi connectivity index (χ3v) is 6.64. The van der Waals surface area contributed by atoms with Crippen LogP contribution in [0.2, 0.25) is 0 Å². The van der Waals surface area contributed by atoms with Crippen LogP contribution in [-0.4, -0.2) is 27.7 Å². The first-order valence-corrected chi connectivity index (χ1v) is 10.1. The Kier molecular flexibility index (Phi) is 3.85. The Labute approximate surface area is 147 Å². The lowest BCUT2D eigenvalue weighted by molar-refractivity contribution is -0.00650. The highest BCUT2D eigenvalue weighted by Gasteiger charge is 2.43. The van der Waals surface area contributed by atoms with Gasteiger partial charge in [0.2, 0.25) is 0 Å². The van der Waals surface area contributed by atoms with Crippen molar-refractivity contribution in [3.8, 4) is 11.3 Å². The number of benzene rings is 1. The van der Waals surface area contributed by atoms with E-state index >= 15 is 0 Å². The molecule has 2 heterocycles. The third-order valence-electron chi connectivity index (χ3n) is 4.66. The van der Waals surface area contributed by atoms with Crippen molar-refractivity contribution >= 4 is 23.5 Å². The zero-order chi connectivity index (χ0) is 16.9. The molecule has 1 aromatic carbocycles. The molecule has 3 nitrogen and oxygen atoms in total. The summed E-state index contributed by atoms with van der Waals surface area (Å²) in [6.07, 6.45) is 1.92. The molecule has 0 saturated carbocycles. The van der Waals surface area contributed by atoms with Crippen LogP contribution in [0.25, 0.3) is 11.3 Å². The normalized spacial score (nSPS) is 20.5. The van der Waals surface area contributed by atoms with Crippen molar-refractivity contribution in [1.29, 1.82) is 0 Å². The third kappa shape index (κ3) is 2.53. The fraction of sp³-hybridized carbons (Fsp3) is 0.412.